The smallest absolute Gasteiger partial charge is 0.289 e. The molecule has 0 radical (unpaired) electrons. The molecular weight excluding hydrogens is 388 g/mol. The molecule has 2 heterocycles. The van der Waals surface area contributed by atoms with Crippen LogP contribution in [0.15, 0.2) is 51.8 Å². The molecule has 3 aromatic rings. The molecule has 0 bridgehead atoms. The van der Waals surface area contributed by atoms with Crippen LogP contribution in [0.25, 0.3) is 11.0 Å². The van der Waals surface area contributed by atoms with Crippen molar-refractivity contribution in [2.24, 2.45) is 0 Å². The summed E-state index contributed by atoms with van der Waals surface area (Å²) in [6, 6.07) is 13.0. The summed E-state index contributed by atoms with van der Waals surface area (Å²) in [4.78, 5) is 15.0. The molecule has 7 heteroatoms. The van der Waals surface area contributed by atoms with Crippen molar-refractivity contribution in [2.45, 2.75) is 25.7 Å². The van der Waals surface area contributed by atoms with Gasteiger partial charge < -0.3 is 9.32 Å². The van der Waals surface area contributed by atoms with Crippen LogP contribution >= 0.6 is 0 Å². The van der Waals surface area contributed by atoms with E-state index in [1.807, 2.05) is 50.2 Å². The van der Waals surface area contributed by atoms with Gasteiger partial charge in [-0.2, -0.15) is 4.31 Å². The molecule has 1 aliphatic rings. The van der Waals surface area contributed by atoms with Crippen LogP contribution in [0.5, 0.6) is 0 Å². The number of carbonyl (C=O) groups is 1. The van der Waals surface area contributed by atoms with Gasteiger partial charge in [-0.05, 0) is 44.0 Å². The summed E-state index contributed by atoms with van der Waals surface area (Å²) in [7, 11) is -3.59. The molecule has 0 saturated carbocycles. The zero-order valence-corrected chi connectivity index (χ0v) is 17.6. The number of rotatable bonds is 3. The van der Waals surface area contributed by atoms with E-state index in [-0.39, 0.29) is 19.0 Å². The number of benzene rings is 2. The number of carbonyl (C=O) groups excluding carboxylic acids is 1. The Hall–Kier alpha value is -2.64. The van der Waals surface area contributed by atoms with Crippen molar-refractivity contribution >= 4 is 26.9 Å². The Labute approximate surface area is 170 Å². The van der Waals surface area contributed by atoms with Crippen molar-refractivity contribution in [3.63, 3.8) is 0 Å². The standard InChI is InChI=1S/C22H24N2O4S/c1-15-8-9-16(2)20(14-15)29(26,27)24-12-10-23(11-13-24)22(25)21-17(3)18-6-4-5-7-19(18)28-21/h4-9,14H,10-13H2,1-3H3. The topological polar surface area (TPSA) is 70.8 Å². The summed E-state index contributed by atoms with van der Waals surface area (Å²) in [5.74, 6) is 0.138. The highest BCUT2D eigenvalue weighted by Gasteiger charge is 2.32. The normalized spacial score (nSPS) is 15.8. The fourth-order valence-corrected chi connectivity index (χ4v) is 5.51. The minimum atomic E-state index is -3.59. The van der Waals surface area contributed by atoms with Gasteiger partial charge in [0.2, 0.25) is 10.0 Å². The zero-order valence-electron chi connectivity index (χ0n) is 16.8. The molecule has 0 aliphatic carbocycles. The van der Waals surface area contributed by atoms with Gasteiger partial charge in [-0.1, -0.05) is 30.3 Å². The average Bonchev–Trinajstić information content (AvgIpc) is 3.06. The minimum absolute atomic E-state index is 0.192. The summed E-state index contributed by atoms with van der Waals surface area (Å²) in [6.45, 7) is 6.75. The highest BCUT2D eigenvalue weighted by atomic mass is 32.2. The maximum absolute atomic E-state index is 13.1. The van der Waals surface area contributed by atoms with Crippen LogP contribution in [0, 0.1) is 20.8 Å². The van der Waals surface area contributed by atoms with Gasteiger partial charge in [0.05, 0.1) is 4.90 Å². The summed E-state index contributed by atoms with van der Waals surface area (Å²) in [5.41, 5.74) is 3.14. The molecule has 29 heavy (non-hydrogen) atoms. The second kappa shape index (κ2) is 7.31. The second-order valence-corrected chi connectivity index (χ2v) is 9.42. The third kappa shape index (κ3) is 3.45. The summed E-state index contributed by atoms with van der Waals surface area (Å²) < 4.78 is 33.4. The molecule has 4 rings (SSSR count). The quantitative estimate of drug-likeness (QED) is 0.660. The summed E-state index contributed by atoms with van der Waals surface area (Å²) >= 11 is 0. The van der Waals surface area contributed by atoms with E-state index in [2.05, 4.69) is 0 Å². The predicted octanol–water partition coefficient (Wildman–Crippen LogP) is 3.50. The van der Waals surface area contributed by atoms with Crippen LogP contribution in [0.3, 0.4) is 0 Å². The van der Waals surface area contributed by atoms with Crippen LogP contribution in [-0.4, -0.2) is 49.7 Å². The van der Waals surface area contributed by atoms with Crippen molar-refractivity contribution in [3.8, 4) is 0 Å². The molecule has 1 amide bonds. The first-order chi connectivity index (χ1) is 13.8. The van der Waals surface area contributed by atoms with Gasteiger partial charge in [0.1, 0.15) is 5.58 Å². The number of hydrogen-bond donors (Lipinski definition) is 0. The number of para-hydroxylation sites is 1. The molecule has 0 spiro atoms. The summed E-state index contributed by atoms with van der Waals surface area (Å²) in [6.07, 6.45) is 0. The lowest BCUT2D eigenvalue weighted by Gasteiger charge is -2.34. The first kappa shape index (κ1) is 19.7. The van der Waals surface area contributed by atoms with E-state index in [4.69, 9.17) is 4.42 Å². The van der Waals surface area contributed by atoms with Crippen LogP contribution in [0.2, 0.25) is 0 Å². The lowest BCUT2D eigenvalue weighted by atomic mass is 10.1. The molecule has 0 N–H and O–H groups in total. The first-order valence-corrected chi connectivity index (χ1v) is 11.1. The highest BCUT2D eigenvalue weighted by molar-refractivity contribution is 7.89. The van der Waals surface area contributed by atoms with E-state index in [0.29, 0.717) is 29.3 Å². The Kier molecular flexibility index (Phi) is 4.96. The van der Waals surface area contributed by atoms with E-state index >= 15 is 0 Å². The minimum Gasteiger partial charge on any atom is -0.451 e. The maximum atomic E-state index is 13.1. The third-order valence-corrected chi connectivity index (χ3v) is 7.57. The fourth-order valence-electron chi connectivity index (χ4n) is 3.78. The lowest BCUT2D eigenvalue weighted by molar-refractivity contribution is 0.0667. The molecule has 1 aliphatic heterocycles. The molecule has 0 atom stereocenters. The van der Waals surface area contributed by atoms with E-state index in [1.165, 1.54) is 4.31 Å². The Morgan fingerprint density at radius 1 is 0.966 bits per heavy atom. The largest absolute Gasteiger partial charge is 0.451 e. The van der Waals surface area contributed by atoms with Crippen molar-refractivity contribution in [1.29, 1.82) is 0 Å². The number of amides is 1. The van der Waals surface area contributed by atoms with Gasteiger partial charge in [-0.25, -0.2) is 8.42 Å². The van der Waals surface area contributed by atoms with Gasteiger partial charge in [0, 0.05) is 37.1 Å². The van der Waals surface area contributed by atoms with Crippen molar-refractivity contribution in [2.75, 3.05) is 26.2 Å². The molecule has 1 aromatic heterocycles. The van der Waals surface area contributed by atoms with Crippen LogP contribution in [0.1, 0.15) is 27.2 Å². The van der Waals surface area contributed by atoms with E-state index in [1.54, 1.807) is 17.9 Å². The number of nitrogens with zero attached hydrogens (tertiary/aromatic N) is 2. The molecule has 6 nitrogen and oxygen atoms in total. The Morgan fingerprint density at radius 2 is 1.66 bits per heavy atom. The number of hydrogen-bond acceptors (Lipinski definition) is 4. The van der Waals surface area contributed by atoms with Gasteiger partial charge in [-0.15, -0.1) is 0 Å². The molecular formula is C22H24N2O4S. The second-order valence-electron chi connectivity index (χ2n) is 7.52. The Balaban J connectivity index is 1.52. The number of fused-ring (bicyclic) bond motifs is 1. The van der Waals surface area contributed by atoms with Crippen LogP contribution in [-0.2, 0) is 10.0 Å². The van der Waals surface area contributed by atoms with Crippen LogP contribution in [0.4, 0.5) is 0 Å². The van der Waals surface area contributed by atoms with Crippen molar-refractivity contribution < 1.29 is 17.6 Å². The maximum Gasteiger partial charge on any atom is 0.289 e. The first-order valence-electron chi connectivity index (χ1n) is 9.64. The van der Waals surface area contributed by atoms with Gasteiger partial charge in [0.15, 0.2) is 5.76 Å². The van der Waals surface area contributed by atoms with E-state index in [9.17, 15) is 13.2 Å². The molecule has 152 valence electrons. The van der Waals surface area contributed by atoms with Crippen molar-refractivity contribution in [1.82, 2.24) is 9.21 Å². The van der Waals surface area contributed by atoms with E-state index in [0.717, 1.165) is 22.1 Å². The number of aryl methyl sites for hydroxylation is 3. The zero-order chi connectivity index (χ0) is 20.8. The van der Waals surface area contributed by atoms with Gasteiger partial charge >= 0.3 is 0 Å². The molecule has 1 fully saturated rings. The van der Waals surface area contributed by atoms with Gasteiger partial charge in [0.25, 0.3) is 5.91 Å². The molecule has 0 unspecified atom stereocenters. The fraction of sp³-hybridized carbons (Fsp3) is 0.318. The number of furan rings is 1. The Bertz CT molecular complexity index is 1190. The Morgan fingerprint density at radius 3 is 2.34 bits per heavy atom. The average molecular weight is 413 g/mol. The van der Waals surface area contributed by atoms with Crippen LogP contribution < -0.4 is 0 Å². The lowest BCUT2D eigenvalue weighted by Crippen LogP contribution is -2.50. The highest BCUT2D eigenvalue weighted by Crippen LogP contribution is 2.27. The third-order valence-electron chi connectivity index (χ3n) is 5.53. The molecule has 1 saturated heterocycles. The monoisotopic (exact) mass is 412 g/mol. The molecule has 2 aromatic carbocycles. The SMILES string of the molecule is Cc1ccc(C)c(S(=O)(=O)N2CCN(C(=O)c3oc4ccccc4c3C)CC2)c1. The summed E-state index contributed by atoms with van der Waals surface area (Å²) in [5, 5.41) is 0.923. The number of sulfonamides is 1. The van der Waals surface area contributed by atoms with Gasteiger partial charge in [-0.3, -0.25) is 4.79 Å². The predicted molar refractivity (Wildman–Crippen MR) is 112 cm³/mol. The van der Waals surface area contributed by atoms with Crippen molar-refractivity contribution in [3.05, 3.63) is 64.9 Å². The number of piperazine rings is 1. The van der Waals surface area contributed by atoms with E-state index < -0.39 is 10.0 Å².